The summed E-state index contributed by atoms with van der Waals surface area (Å²) in [6.07, 6.45) is 3.66. The quantitative estimate of drug-likeness (QED) is 0.802. The molecule has 1 aromatic carbocycles. The Labute approximate surface area is 109 Å². The van der Waals surface area contributed by atoms with Crippen LogP contribution in [0.3, 0.4) is 0 Å². The first-order valence-electron chi connectivity index (χ1n) is 6.93. The van der Waals surface area contributed by atoms with E-state index in [2.05, 4.69) is 25.2 Å². The Hall–Kier alpha value is -1.22. The molecule has 0 atom stereocenters. The number of ether oxygens (including phenoxy) is 2. The average Bonchev–Trinajstić information content (AvgIpc) is 2.35. The molecule has 0 amide bonds. The van der Waals surface area contributed by atoms with Gasteiger partial charge >= 0.3 is 0 Å². The first-order chi connectivity index (χ1) is 8.83. The molecular formula is C15H23NO2. The summed E-state index contributed by atoms with van der Waals surface area (Å²) in [7, 11) is 0. The van der Waals surface area contributed by atoms with Crippen LogP contribution in [0.5, 0.6) is 5.75 Å². The second kappa shape index (κ2) is 6.64. The Morgan fingerprint density at radius 3 is 2.72 bits per heavy atom. The molecule has 1 aromatic rings. The molecule has 0 bridgehead atoms. The van der Waals surface area contributed by atoms with Crippen LogP contribution in [-0.2, 0) is 4.74 Å². The third-order valence-electron chi connectivity index (χ3n) is 3.21. The van der Waals surface area contributed by atoms with Crippen LogP contribution < -0.4 is 10.1 Å². The molecule has 0 heterocycles. The highest BCUT2D eigenvalue weighted by Crippen LogP contribution is 2.31. The van der Waals surface area contributed by atoms with Crippen LogP contribution in [0.1, 0.15) is 33.1 Å². The maximum Gasteiger partial charge on any atom is 0.142 e. The highest BCUT2D eigenvalue weighted by atomic mass is 16.5. The maximum atomic E-state index is 5.74. The van der Waals surface area contributed by atoms with Crippen molar-refractivity contribution in [2.45, 2.75) is 45.3 Å². The van der Waals surface area contributed by atoms with Crippen molar-refractivity contribution in [1.29, 1.82) is 0 Å². The molecule has 2 rings (SSSR count). The summed E-state index contributed by atoms with van der Waals surface area (Å²) in [6.45, 7) is 5.75. The number of benzene rings is 1. The van der Waals surface area contributed by atoms with E-state index in [9.17, 15) is 0 Å². The van der Waals surface area contributed by atoms with E-state index < -0.39 is 0 Å². The number of para-hydroxylation sites is 2. The Kier molecular flexibility index (Phi) is 4.88. The number of anilines is 1. The zero-order valence-electron chi connectivity index (χ0n) is 11.3. The van der Waals surface area contributed by atoms with Gasteiger partial charge in [-0.2, -0.15) is 0 Å². The minimum absolute atomic E-state index is 0.441. The van der Waals surface area contributed by atoms with Gasteiger partial charge in [0.25, 0.3) is 0 Å². The van der Waals surface area contributed by atoms with Crippen molar-refractivity contribution in [3.63, 3.8) is 0 Å². The van der Waals surface area contributed by atoms with E-state index in [-0.39, 0.29) is 0 Å². The van der Waals surface area contributed by atoms with Crippen LogP contribution in [0.4, 0.5) is 5.69 Å². The summed E-state index contributed by atoms with van der Waals surface area (Å²) in [4.78, 5) is 0. The predicted molar refractivity (Wildman–Crippen MR) is 74.3 cm³/mol. The molecule has 0 saturated heterocycles. The van der Waals surface area contributed by atoms with E-state index in [1.165, 1.54) is 0 Å². The van der Waals surface area contributed by atoms with Crippen molar-refractivity contribution in [2.75, 3.05) is 18.5 Å². The van der Waals surface area contributed by atoms with Crippen LogP contribution in [0.25, 0.3) is 0 Å². The van der Waals surface area contributed by atoms with Gasteiger partial charge in [-0.25, -0.2) is 0 Å². The van der Waals surface area contributed by atoms with E-state index in [1.807, 2.05) is 18.2 Å². The van der Waals surface area contributed by atoms with Gasteiger partial charge in [0.15, 0.2) is 0 Å². The molecule has 0 spiro atoms. The number of hydrogen-bond donors (Lipinski definition) is 1. The zero-order chi connectivity index (χ0) is 12.8. The molecule has 3 heteroatoms. The van der Waals surface area contributed by atoms with E-state index in [4.69, 9.17) is 9.47 Å². The lowest BCUT2D eigenvalue weighted by Gasteiger charge is -2.36. The van der Waals surface area contributed by atoms with Gasteiger partial charge in [-0.05, 0) is 38.3 Å². The summed E-state index contributed by atoms with van der Waals surface area (Å²) < 4.78 is 11.3. The molecule has 100 valence electrons. The zero-order valence-corrected chi connectivity index (χ0v) is 11.3. The van der Waals surface area contributed by atoms with Crippen molar-refractivity contribution >= 4 is 5.69 Å². The van der Waals surface area contributed by atoms with Gasteiger partial charge in [-0.15, -0.1) is 0 Å². The van der Waals surface area contributed by atoms with Crippen molar-refractivity contribution in [2.24, 2.45) is 0 Å². The van der Waals surface area contributed by atoms with Gasteiger partial charge in [0, 0.05) is 12.6 Å². The van der Waals surface area contributed by atoms with Crippen LogP contribution in [-0.4, -0.2) is 25.4 Å². The monoisotopic (exact) mass is 249 g/mol. The first-order valence-corrected chi connectivity index (χ1v) is 6.93. The lowest BCUT2D eigenvalue weighted by atomic mass is 9.89. The SMILES string of the molecule is CCCOc1ccccc1NC1CC(OCC)C1. The molecule has 0 aromatic heterocycles. The van der Waals surface area contributed by atoms with E-state index in [0.717, 1.165) is 43.9 Å². The summed E-state index contributed by atoms with van der Waals surface area (Å²) >= 11 is 0. The van der Waals surface area contributed by atoms with Crippen LogP contribution in [0, 0.1) is 0 Å². The van der Waals surface area contributed by atoms with E-state index in [0.29, 0.717) is 12.1 Å². The second-order valence-corrected chi connectivity index (χ2v) is 4.73. The largest absolute Gasteiger partial charge is 0.491 e. The lowest BCUT2D eigenvalue weighted by molar-refractivity contribution is 0.00294. The number of hydrogen-bond acceptors (Lipinski definition) is 3. The van der Waals surface area contributed by atoms with Crippen LogP contribution >= 0.6 is 0 Å². The van der Waals surface area contributed by atoms with E-state index >= 15 is 0 Å². The molecule has 1 N–H and O–H groups in total. The average molecular weight is 249 g/mol. The van der Waals surface area contributed by atoms with Gasteiger partial charge in [-0.1, -0.05) is 19.1 Å². The molecule has 18 heavy (non-hydrogen) atoms. The standard InChI is InChI=1S/C15H23NO2/c1-3-9-18-15-8-6-5-7-14(15)16-12-10-13(11-12)17-4-2/h5-8,12-13,16H,3-4,9-11H2,1-2H3. The topological polar surface area (TPSA) is 30.5 Å². The molecule has 1 fully saturated rings. The minimum atomic E-state index is 0.441. The van der Waals surface area contributed by atoms with Crippen molar-refractivity contribution in [3.8, 4) is 5.75 Å². The van der Waals surface area contributed by atoms with E-state index in [1.54, 1.807) is 0 Å². The normalized spacial score (nSPS) is 22.3. The molecule has 0 unspecified atom stereocenters. The Bertz CT molecular complexity index is 361. The van der Waals surface area contributed by atoms with Crippen LogP contribution in [0.2, 0.25) is 0 Å². The van der Waals surface area contributed by atoms with Gasteiger partial charge < -0.3 is 14.8 Å². The second-order valence-electron chi connectivity index (χ2n) is 4.73. The third-order valence-corrected chi connectivity index (χ3v) is 3.21. The molecule has 1 aliphatic rings. The molecule has 3 nitrogen and oxygen atoms in total. The Morgan fingerprint density at radius 2 is 2.00 bits per heavy atom. The maximum absolute atomic E-state index is 5.74. The molecular weight excluding hydrogens is 226 g/mol. The number of rotatable bonds is 7. The summed E-state index contributed by atoms with van der Waals surface area (Å²) in [6, 6.07) is 8.68. The van der Waals surface area contributed by atoms with Gasteiger partial charge in [-0.3, -0.25) is 0 Å². The molecule has 0 aliphatic heterocycles. The fraction of sp³-hybridized carbons (Fsp3) is 0.600. The lowest BCUT2D eigenvalue weighted by Crippen LogP contribution is -2.40. The summed E-state index contributed by atoms with van der Waals surface area (Å²) in [5, 5.41) is 3.54. The number of nitrogens with one attached hydrogen (secondary N) is 1. The van der Waals surface area contributed by atoms with Gasteiger partial charge in [0.1, 0.15) is 5.75 Å². The highest BCUT2D eigenvalue weighted by molar-refractivity contribution is 5.57. The molecule has 1 aliphatic carbocycles. The van der Waals surface area contributed by atoms with Crippen molar-refractivity contribution in [1.82, 2.24) is 0 Å². The van der Waals surface area contributed by atoms with Crippen molar-refractivity contribution < 1.29 is 9.47 Å². The summed E-state index contributed by atoms with van der Waals surface area (Å²) in [5.74, 6) is 0.958. The molecule has 1 saturated carbocycles. The van der Waals surface area contributed by atoms with Crippen LogP contribution in [0.15, 0.2) is 24.3 Å². The third kappa shape index (κ3) is 3.39. The van der Waals surface area contributed by atoms with Gasteiger partial charge in [0.2, 0.25) is 0 Å². The smallest absolute Gasteiger partial charge is 0.142 e. The Morgan fingerprint density at radius 1 is 1.22 bits per heavy atom. The Balaban J connectivity index is 1.85. The fourth-order valence-electron chi connectivity index (χ4n) is 2.20. The van der Waals surface area contributed by atoms with Gasteiger partial charge in [0.05, 0.1) is 18.4 Å². The summed E-state index contributed by atoms with van der Waals surface area (Å²) in [5.41, 5.74) is 1.10. The van der Waals surface area contributed by atoms with Crippen molar-refractivity contribution in [3.05, 3.63) is 24.3 Å². The predicted octanol–water partition coefficient (Wildman–Crippen LogP) is 3.45. The highest BCUT2D eigenvalue weighted by Gasteiger charge is 2.29. The fourth-order valence-corrected chi connectivity index (χ4v) is 2.20. The first kappa shape index (κ1) is 13.2. The molecule has 0 radical (unpaired) electrons. The minimum Gasteiger partial charge on any atom is -0.491 e.